The van der Waals surface area contributed by atoms with E-state index in [1.165, 1.54) is 12.1 Å². The Morgan fingerprint density at radius 1 is 1.00 bits per heavy atom. The summed E-state index contributed by atoms with van der Waals surface area (Å²) in [5.41, 5.74) is 4.61. The lowest BCUT2D eigenvalue weighted by molar-refractivity contribution is 0.622. The fourth-order valence-corrected chi connectivity index (χ4v) is 4.13. The van der Waals surface area contributed by atoms with Crippen molar-refractivity contribution in [3.8, 4) is 0 Å². The number of thiocarbonyl (C=S) groups is 1. The van der Waals surface area contributed by atoms with Gasteiger partial charge in [0.1, 0.15) is 5.82 Å². The van der Waals surface area contributed by atoms with Crippen LogP contribution in [0.4, 0.5) is 15.9 Å². The third-order valence-corrected chi connectivity index (χ3v) is 6.11. The lowest BCUT2D eigenvalue weighted by Crippen LogP contribution is -2.20. The van der Waals surface area contributed by atoms with Crippen molar-refractivity contribution in [2.24, 2.45) is 0 Å². The van der Waals surface area contributed by atoms with Crippen molar-refractivity contribution in [1.82, 2.24) is 19.6 Å². The molecule has 0 radical (unpaired) electrons. The first-order valence-corrected chi connectivity index (χ1v) is 11.7. The summed E-state index contributed by atoms with van der Waals surface area (Å²) in [6.07, 6.45) is 1.89. The first-order chi connectivity index (χ1) is 15.8. The SMILES string of the molecule is Cc1nn(Cc2ccc(F)cc2)c(C)c1NC(=S)Nc1nn(Cc2ccc(Cl)cc2)cc1Br. The molecule has 0 aliphatic heterocycles. The summed E-state index contributed by atoms with van der Waals surface area (Å²) in [6, 6.07) is 14.0. The molecule has 0 spiro atoms. The van der Waals surface area contributed by atoms with Gasteiger partial charge in [0.25, 0.3) is 0 Å². The first kappa shape index (κ1) is 23.4. The smallest absolute Gasteiger partial charge is 0.176 e. The zero-order chi connectivity index (χ0) is 23.5. The minimum atomic E-state index is -0.257. The highest BCUT2D eigenvalue weighted by molar-refractivity contribution is 9.10. The average Bonchev–Trinajstić information content (AvgIpc) is 3.24. The largest absolute Gasteiger partial charge is 0.329 e. The fourth-order valence-electron chi connectivity index (χ4n) is 3.39. The van der Waals surface area contributed by atoms with E-state index in [4.69, 9.17) is 23.8 Å². The molecule has 6 nitrogen and oxygen atoms in total. The Morgan fingerprint density at radius 3 is 2.33 bits per heavy atom. The summed E-state index contributed by atoms with van der Waals surface area (Å²) in [4.78, 5) is 0. The molecule has 2 heterocycles. The van der Waals surface area contributed by atoms with E-state index in [1.807, 2.05) is 53.7 Å². The minimum absolute atomic E-state index is 0.257. The van der Waals surface area contributed by atoms with Crippen molar-refractivity contribution in [1.29, 1.82) is 0 Å². The predicted octanol–water partition coefficient (Wildman–Crippen LogP) is 6.16. The van der Waals surface area contributed by atoms with Gasteiger partial charge in [-0.2, -0.15) is 10.2 Å². The zero-order valence-electron chi connectivity index (χ0n) is 17.9. The van der Waals surface area contributed by atoms with Crippen molar-refractivity contribution in [3.63, 3.8) is 0 Å². The van der Waals surface area contributed by atoms with Crippen molar-refractivity contribution < 1.29 is 4.39 Å². The molecule has 0 aliphatic carbocycles. The monoisotopic (exact) mass is 546 g/mol. The van der Waals surface area contributed by atoms with E-state index in [2.05, 4.69) is 36.8 Å². The molecule has 0 atom stereocenters. The van der Waals surface area contributed by atoms with Gasteiger partial charge >= 0.3 is 0 Å². The van der Waals surface area contributed by atoms with Crippen LogP contribution in [0, 0.1) is 19.7 Å². The number of hydrogen-bond donors (Lipinski definition) is 2. The Morgan fingerprint density at radius 2 is 1.64 bits per heavy atom. The van der Waals surface area contributed by atoms with Gasteiger partial charge in [0.2, 0.25) is 0 Å². The van der Waals surface area contributed by atoms with Crippen LogP contribution in [0.2, 0.25) is 5.02 Å². The fraction of sp³-hybridized carbons (Fsp3) is 0.174. The van der Waals surface area contributed by atoms with Gasteiger partial charge in [-0.3, -0.25) is 9.36 Å². The first-order valence-electron chi connectivity index (χ1n) is 10.1. The number of hydrogen-bond acceptors (Lipinski definition) is 3. The molecule has 0 saturated heterocycles. The molecule has 2 aromatic heterocycles. The number of nitrogens with one attached hydrogen (secondary N) is 2. The van der Waals surface area contributed by atoms with Crippen LogP contribution in [0.25, 0.3) is 0 Å². The van der Waals surface area contributed by atoms with Gasteiger partial charge in [-0.05, 0) is 77.4 Å². The molecular weight excluding hydrogens is 527 g/mol. The highest BCUT2D eigenvalue weighted by Gasteiger charge is 2.15. The second-order valence-electron chi connectivity index (χ2n) is 7.56. The summed E-state index contributed by atoms with van der Waals surface area (Å²) in [7, 11) is 0. The van der Waals surface area contributed by atoms with Gasteiger partial charge in [0, 0.05) is 11.2 Å². The van der Waals surface area contributed by atoms with E-state index < -0.39 is 0 Å². The number of aromatic nitrogens is 4. The van der Waals surface area contributed by atoms with Crippen LogP contribution in [0.5, 0.6) is 0 Å². The normalized spacial score (nSPS) is 10.9. The third-order valence-electron chi connectivity index (χ3n) is 5.07. The molecule has 33 heavy (non-hydrogen) atoms. The van der Waals surface area contributed by atoms with Crippen LogP contribution >= 0.6 is 39.7 Å². The Kier molecular flexibility index (Phi) is 7.11. The standard InChI is InChI=1S/C23H21BrClFN6S/c1-14-21(15(2)32(29-14)12-17-5-9-19(26)10-6-17)27-23(33)28-22-20(24)13-31(30-22)11-16-3-7-18(25)8-4-16/h3-10,13H,11-12H2,1-2H3,(H2,27,28,30,33). The van der Waals surface area contributed by atoms with Crippen LogP contribution in [-0.2, 0) is 13.1 Å². The van der Waals surface area contributed by atoms with Crippen molar-refractivity contribution in [2.45, 2.75) is 26.9 Å². The maximum absolute atomic E-state index is 13.2. The van der Waals surface area contributed by atoms with Gasteiger partial charge in [-0.15, -0.1) is 0 Å². The molecule has 2 N–H and O–H groups in total. The van der Waals surface area contributed by atoms with E-state index in [-0.39, 0.29) is 5.82 Å². The quantitative estimate of drug-likeness (QED) is 0.283. The molecule has 0 amide bonds. The van der Waals surface area contributed by atoms with E-state index >= 15 is 0 Å². The van der Waals surface area contributed by atoms with Crippen LogP contribution in [0.15, 0.2) is 59.2 Å². The number of halogens is 3. The minimum Gasteiger partial charge on any atom is -0.329 e. The van der Waals surface area contributed by atoms with Crippen molar-refractivity contribution in [2.75, 3.05) is 10.6 Å². The molecule has 10 heteroatoms. The molecular formula is C23H21BrClFN6S. The lowest BCUT2D eigenvalue weighted by Gasteiger charge is -2.10. The van der Waals surface area contributed by atoms with Gasteiger partial charge in [-0.25, -0.2) is 4.39 Å². The van der Waals surface area contributed by atoms with Crippen molar-refractivity contribution >= 4 is 56.4 Å². The van der Waals surface area contributed by atoms with Crippen LogP contribution in [0.1, 0.15) is 22.5 Å². The highest BCUT2D eigenvalue weighted by atomic mass is 79.9. The molecule has 0 aliphatic rings. The topological polar surface area (TPSA) is 59.7 Å². The number of nitrogens with zero attached hydrogens (tertiary/aromatic N) is 4. The summed E-state index contributed by atoms with van der Waals surface area (Å²) in [5.74, 6) is 0.350. The number of aryl methyl sites for hydroxylation is 1. The maximum Gasteiger partial charge on any atom is 0.176 e. The Balaban J connectivity index is 1.42. The molecule has 170 valence electrons. The summed E-state index contributed by atoms with van der Waals surface area (Å²) in [6.45, 7) is 5.02. The van der Waals surface area contributed by atoms with Crippen LogP contribution < -0.4 is 10.6 Å². The molecule has 4 aromatic rings. The summed E-state index contributed by atoms with van der Waals surface area (Å²) < 4.78 is 17.7. The molecule has 4 rings (SSSR count). The van der Waals surface area contributed by atoms with Gasteiger partial charge in [0.05, 0.1) is 34.6 Å². The highest BCUT2D eigenvalue weighted by Crippen LogP contribution is 2.24. The molecule has 0 saturated carbocycles. The van der Waals surface area contributed by atoms with E-state index in [9.17, 15) is 4.39 Å². The molecule has 0 unspecified atom stereocenters. The molecule has 2 aromatic carbocycles. The lowest BCUT2D eigenvalue weighted by atomic mass is 10.2. The van der Waals surface area contributed by atoms with Gasteiger partial charge in [0.15, 0.2) is 10.9 Å². The van der Waals surface area contributed by atoms with E-state index in [0.717, 1.165) is 32.7 Å². The zero-order valence-corrected chi connectivity index (χ0v) is 21.1. The summed E-state index contributed by atoms with van der Waals surface area (Å²) >= 11 is 15.0. The Hall–Kier alpha value is -2.75. The number of benzene rings is 2. The van der Waals surface area contributed by atoms with E-state index in [1.54, 1.807) is 12.1 Å². The molecule has 0 fully saturated rings. The second-order valence-corrected chi connectivity index (χ2v) is 9.26. The third kappa shape index (κ3) is 5.79. The number of anilines is 2. The van der Waals surface area contributed by atoms with Crippen molar-refractivity contribution in [3.05, 3.63) is 92.6 Å². The van der Waals surface area contributed by atoms with Crippen LogP contribution in [-0.4, -0.2) is 24.7 Å². The van der Waals surface area contributed by atoms with E-state index in [0.29, 0.717) is 29.0 Å². The second kappa shape index (κ2) is 10.0. The maximum atomic E-state index is 13.2. The Bertz CT molecular complexity index is 1280. The average molecular weight is 548 g/mol. The number of rotatable bonds is 6. The summed E-state index contributed by atoms with van der Waals surface area (Å²) in [5, 5.41) is 16.6. The molecule has 0 bridgehead atoms. The predicted molar refractivity (Wildman–Crippen MR) is 138 cm³/mol. The van der Waals surface area contributed by atoms with Crippen LogP contribution in [0.3, 0.4) is 0 Å². The van der Waals surface area contributed by atoms with Gasteiger partial charge in [-0.1, -0.05) is 35.9 Å². The Labute approximate surface area is 209 Å². The van der Waals surface area contributed by atoms with Gasteiger partial charge < -0.3 is 10.6 Å².